The molecule has 9 nitrogen and oxygen atoms in total. The highest BCUT2D eigenvalue weighted by molar-refractivity contribution is 6.53. The number of amides is 3. The zero-order valence-corrected chi connectivity index (χ0v) is 21.4. The van der Waals surface area contributed by atoms with Crippen molar-refractivity contribution in [3.05, 3.63) is 94.7 Å². The van der Waals surface area contributed by atoms with E-state index in [4.69, 9.17) is 21.1 Å². The molecular formula is C28H24ClN3O6. The minimum atomic E-state index is -0.745. The lowest BCUT2D eigenvalue weighted by Crippen LogP contribution is -2.32. The first-order valence-electron chi connectivity index (χ1n) is 11.7. The Balaban J connectivity index is 1.51. The molecule has 38 heavy (non-hydrogen) atoms. The molecule has 0 unspecified atom stereocenters. The van der Waals surface area contributed by atoms with Crippen LogP contribution in [0.2, 0.25) is 0 Å². The zero-order chi connectivity index (χ0) is 27.2. The number of hydrogen-bond acceptors (Lipinski definition) is 7. The van der Waals surface area contributed by atoms with Gasteiger partial charge in [-0.15, -0.1) is 0 Å². The summed E-state index contributed by atoms with van der Waals surface area (Å²) in [5, 5.41) is 5.32. The fraction of sp³-hybridized carbons (Fsp3) is 0.143. The number of anilines is 3. The van der Waals surface area contributed by atoms with Gasteiger partial charge in [0.2, 0.25) is 0 Å². The first kappa shape index (κ1) is 26.4. The van der Waals surface area contributed by atoms with Crippen LogP contribution in [-0.4, -0.2) is 37.4 Å². The summed E-state index contributed by atoms with van der Waals surface area (Å²) < 4.78 is 10.3. The summed E-state index contributed by atoms with van der Waals surface area (Å²) in [6.07, 6.45) is 0.660. The van der Waals surface area contributed by atoms with Crippen LogP contribution in [0.3, 0.4) is 0 Å². The van der Waals surface area contributed by atoms with E-state index in [1.54, 1.807) is 48.5 Å². The average molecular weight is 534 g/mol. The predicted molar refractivity (Wildman–Crippen MR) is 143 cm³/mol. The molecule has 10 heteroatoms. The molecule has 1 aliphatic heterocycles. The van der Waals surface area contributed by atoms with Gasteiger partial charge in [-0.1, -0.05) is 36.7 Å². The van der Waals surface area contributed by atoms with E-state index in [0.29, 0.717) is 29.1 Å². The molecule has 1 heterocycles. The minimum absolute atomic E-state index is 0.152. The van der Waals surface area contributed by atoms with E-state index in [2.05, 4.69) is 10.6 Å². The zero-order valence-electron chi connectivity index (χ0n) is 20.6. The number of halogens is 1. The number of benzene rings is 3. The molecule has 3 amide bonds. The van der Waals surface area contributed by atoms with Crippen molar-refractivity contribution in [3.63, 3.8) is 0 Å². The Morgan fingerprint density at radius 1 is 0.895 bits per heavy atom. The predicted octanol–water partition coefficient (Wildman–Crippen LogP) is 4.95. The highest BCUT2D eigenvalue weighted by Crippen LogP contribution is 2.31. The molecule has 4 rings (SSSR count). The van der Waals surface area contributed by atoms with Gasteiger partial charge < -0.3 is 20.1 Å². The molecule has 0 radical (unpaired) electrons. The summed E-state index contributed by atoms with van der Waals surface area (Å²) >= 11 is 6.25. The van der Waals surface area contributed by atoms with Gasteiger partial charge in [-0.2, -0.15) is 0 Å². The molecule has 194 valence electrons. The third kappa shape index (κ3) is 5.68. The average Bonchev–Trinajstić information content (AvgIpc) is 3.14. The maximum absolute atomic E-state index is 13.2. The number of ether oxygens (including phenoxy) is 2. The monoisotopic (exact) mass is 533 g/mol. The Morgan fingerprint density at radius 2 is 1.61 bits per heavy atom. The van der Waals surface area contributed by atoms with Gasteiger partial charge in [0.25, 0.3) is 17.7 Å². The number of carbonyl (C=O) groups excluding carboxylic acids is 4. The van der Waals surface area contributed by atoms with E-state index in [1.165, 1.54) is 31.4 Å². The van der Waals surface area contributed by atoms with E-state index < -0.39 is 17.8 Å². The summed E-state index contributed by atoms with van der Waals surface area (Å²) in [6, 6.07) is 19.3. The number of methoxy groups -OCH3 is 1. The van der Waals surface area contributed by atoms with Gasteiger partial charge in [0.1, 0.15) is 16.5 Å². The second-order valence-corrected chi connectivity index (χ2v) is 8.59. The van der Waals surface area contributed by atoms with Crippen molar-refractivity contribution >= 4 is 52.4 Å². The van der Waals surface area contributed by atoms with Gasteiger partial charge in [0.15, 0.2) is 0 Å². The number of imide groups is 1. The van der Waals surface area contributed by atoms with Crippen molar-refractivity contribution in [2.24, 2.45) is 0 Å². The van der Waals surface area contributed by atoms with E-state index in [1.807, 2.05) is 6.92 Å². The van der Waals surface area contributed by atoms with Gasteiger partial charge in [-0.3, -0.25) is 14.4 Å². The Kier molecular flexibility index (Phi) is 8.08. The Bertz CT molecular complexity index is 1450. The maximum Gasteiger partial charge on any atom is 0.338 e. The van der Waals surface area contributed by atoms with Crippen molar-refractivity contribution < 1.29 is 28.7 Å². The molecule has 0 saturated heterocycles. The van der Waals surface area contributed by atoms with Crippen molar-refractivity contribution in [1.29, 1.82) is 0 Å². The fourth-order valence-corrected chi connectivity index (χ4v) is 3.90. The lowest BCUT2D eigenvalue weighted by Gasteiger charge is -2.16. The molecular weight excluding hydrogens is 510 g/mol. The molecule has 3 aromatic rings. The number of esters is 1. The van der Waals surface area contributed by atoms with Crippen LogP contribution < -0.4 is 20.3 Å². The SMILES string of the molecule is CCCOC(=O)c1cccc(N2C(=O)C(Cl)=C(Nc3cccc(C(=O)Nc4cccc(OC)c4)c3)C2=O)c1. The van der Waals surface area contributed by atoms with Crippen LogP contribution in [0.5, 0.6) is 5.75 Å². The largest absolute Gasteiger partial charge is 0.497 e. The molecule has 0 spiro atoms. The van der Waals surface area contributed by atoms with Gasteiger partial charge in [-0.05, 0) is 55.0 Å². The van der Waals surface area contributed by atoms with Crippen LogP contribution in [0.4, 0.5) is 17.1 Å². The molecule has 0 saturated carbocycles. The highest BCUT2D eigenvalue weighted by Gasteiger charge is 2.39. The van der Waals surface area contributed by atoms with Crippen molar-refractivity contribution in [2.45, 2.75) is 13.3 Å². The molecule has 0 bridgehead atoms. The van der Waals surface area contributed by atoms with E-state index in [0.717, 1.165) is 4.90 Å². The maximum atomic E-state index is 13.2. The first-order valence-corrected chi connectivity index (χ1v) is 12.1. The third-order valence-corrected chi connectivity index (χ3v) is 5.88. The second-order valence-electron chi connectivity index (χ2n) is 8.21. The fourth-order valence-electron chi connectivity index (χ4n) is 3.68. The normalized spacial score (nSPS) is 13.0. The Labute approximate surface area is 224 Å². The quantitative estimate of drug-likeness (QED) is 0.295. The molecule has 0 atom stereocenters. The molecule has 3 aromatic carbocycles. The molecule has 0 aliphatic carbocycles. The lowest BCUT2D eigenvalue weighted by molar-refractivity contribution is -0.120. The third-order valence-electron chi connectivity index (χ3n) is 5.53. The summed E-state index contributed by atoms with van der Waals surface area (Å²) in [6.45, 7) is 2.12. The van der Waals surface area contributed by atoms with Gasteiger partial charge in [0.05, 0.1) is 25.0 Å². The van der Waals surface area contributed by atoms with Crippen LogP contribution in [0.15, 0.2) is 83.5 Å². The lowest BCUT2D eigenvalue weighted by atomic mass is 10.1. The Morgan fingerprint density at radius 3 is 2.37 bits per heavy atom. The topological polar surface area (TPSA) is 114 Å². The van der Waals surface area contributed by atoms with E-state index >= 15 is 0 Å². The molecule has 0 aromatic heterocycles. The number of rotatable bonds is 9. The summed E-state index contributed by atoms with van der Waals surface area (Å²) in [7, 11) is 1.53. The van der Waals surface area contributed by atoms with Crippen molar-refractivity contribution in [2.75, 3.05) is 29.3 Å². The van der Waals surface area contributed by atoms with Gasteiger partial charge >= 0.3 is 5.97 Å². The smallest absolute Gasteiger partial charge is 0.338 e. The molecule has 0 fully saturated rings. The minimum Gasteiger partial charge on any atom is -0.497 e. The van der Waals surface area contributed by atoms with Crippen LogP contribution in [0, 0.1) is 0 Å². The molecule has 1 aliphatic rings. The number of hydrogen-bond donors (Lipinski definition) is 2. The van der Waals surface area contributed by atoms with E-state index in [9.17, 15) is 19.2 Å². The summed E-state index contributed by atoms with van der Waals surface area (Å²) in [5.74, 6) is -1.80. The van der Waals surface area contributed by atoms with Crippen molar-refractivity contribution in [1.82, 2.24) is 0 Å². The van der Waals surface area contributed by atoms with Crippen LogP contribution in [0.1, 0.15) is 34.1 Å². The first-order chi connectivity index (χ1) is 18.3. The van der Waals surface area contributed by atoms with E-state index in [-0.39, 0.29) is 34.5 Å². The van der Waals surface area contributed by atoms with Crippen LogP contribution in [-0.2, 0) is 14.3 Å². The van der Waals surface area contributed by atoms with Crippen molar-refractivity contribution in [3.8, 4) is 5.75 Å². The summed E-state index contributed by atoms with van der Waals surface area (Å²) in [5.41, 5.74) is 1.45. The van der Waals surface area contributed by atoms with Crippen LogP contribution in [0.25, 0.3) is 0 Å². The number of carbonyl (C=O) groups is 4. The number of nitrogens with zero attached hydrogens (tertiary/aromatic N) is 1. The summed E-state index contributed by atoms with van der Waals surface area (Å²) in [4.78, 5) is 52.0. The second kappa shape index (κ2) is 11.6. The highest BCUT2D eigenvalue weighted by atomic mass is 35.5. The standard InChI is InChI=1S/C28H24ClN3O6/c1-3-13-38-28(36)18-8-5-11-21(15-18)32-26(34)23(29)24(27(32)35)30-19-9-4-7-17(14-19)25(33)31-20-10-6-12-22(16-20)37-2/h4-12,14-16,30H,3,13H2,1-2H3,(H,31,33). The Hall–Kier alpha value is -4.63. The number of nitrogens with one attached hydrogen (secondary N) is 2. The molecule has 2 N–H and O–H groups in total. The van der Waals surface area contributed by atoms with Gasteiger partial charge in [-0.25, -0.2) is 9.69 Å². The van der Waals surface area contributed by atoms with Crippen LogP contribution >= 0.6 is 11.6 Å². The van der Waals surface area contributed by atoms with Gasteiger partial charge in [0, 0.05) is 23.0 Å².